The Hall–Kier alpha value is -0.560. The van der Waals surface area contributed by atoms with E-state index >= 15 is 0 Å². The van der Waals surface area contributed by atoms with Gasteiger partial charge in [0.2, 0.25) is 0 Å². The summed E-state index contributed by atoms with van der Waals surface area (Å²) < 4.78 is 0. The molecule has 0 spiro atoms. The highest BCUT2D eigenvalue weighted by Gasteiger charge is 2.55. The van der Waals surface area contributed by atoms with Gasteiger partial charge in [0.05, 0.1) is 0 Å². The Balaban J connectivity index is 1.94. The summed E-state index contributed by atoms with van der Waals surface area (Å²) in [4.78, 5) is 0. The zero-order valence-corrected chi connectivity index (χ0v) is 14.1. The molecule has 3 rings (SSSR count). The molecule has 0 unspecified atom stereocenters. The summed E-state index contributed by atoms with van der Waals surface area (Å²) >= 11 is 0. The van der Waals surface area contributed by atoms with Crippen molar-refractivity contribution in [3.63, 3.8) is 0 Å². The third kappa shape index (κ3) is 2.23. The van der Waals surface area contributed by atoms with Gasteiger partial charge in [-0.1, -0.05) is 44.9 Å². The highest BCUT2D eigenvalue weighted by atomic mass is 16.3. The van der Waals surface area contributed by atoms with Crippen LogP contribution in [0, 0.1) is 28.1 Å². The normalized spacial score (nSPS) is 49.8. The molecule has 2 fully saturated rings. The second-order valence-electron chi connectivity index (χ2n) is 8.87. The van der Waals surface area contributed by atoms with Crippen molar-refractivity contribution in [3.05, 3.63) is 24.3 Å². The molecular formula is C20H32O. The van der Waals surface area contributed by atoms with Crippen LogP contribution in [-0.2, 0) is 0 Å². The Kier molecular flexibility index (Phi) is 3.64. The van der Waals surface area contributed by atoms with E-state index in [9.17, 15) is 5.11 Å². The first-order valence-corrected chi connectivity index (χ1v) is 8.80. The summed E-state index contributed by atoms with van der Waals surface area (Å²) in [7, 11) is 0. The lowest BCUT2D eigenvalue weighted by atomic mass is 9.45. The van der Waals surface area contributed by atoms with Gasteiger partial charge in [-0.05, 0) is 66.6 Å². The van der Waals surface area contributed by atoms with E-state index in [1.807, 2.05) is 0 Å². The molecule has 0 aliphatic heterocycles. The van der Waals surface area contributed by atoms with Crippen LogP contribution in [0.25, 0.3) is 0 Å². The van der Waals surface area contributed by atoms with Crippen LogP contribution in [0.2, 0.25) is 0 Å². The largest absolute Gasteiger partial charge is 0.396 e. The van der Waals surface area contributed by atoms with E-state index in [-0.39, 0.29) is 5.41 Å². The van der Waals surface area contributed by atoms with E-state index in [2.05, 4.69) is 39.5 Å². The van der Waals surface area contributed by atoms with E-state index in [0.717, 1.165) is 5.92 Å². The van der Waals surface area contributed by atoms with Crippen LogP contribution >= 0.6 is 0 Å². The lowest BCUT2D eigenvalue weighted by Gasteiger charge is -2.59. The molecule has 3 aliphatic rings. The number of allylic oxidation sites excluding steroid dienone is 3. The number of rotatable bonds is 2. The van der Waals surface area contributed by atoms with Gasteiger partial charge in [-0.25, -0.2) is 0 Å². The molecule has 21 heavy (non-hydrogen) atoms. The van der Waals surface area contributed by atoms with Crippen LogP contribution in [0.1, 0.15) is 65.7 Å². The monoisotopic (exact) mass is 288 g/mol. The first-order chi connectivity index (χ1) is 9.87. The van der Waals surface area contributed by atoms with Crippen molar-refractivity contribution in [2.75, 3.05) is 6.61 Å². The van der Waals surface area contributed by atoms with Crippen LogP contribution < -0.4 is 0 Å². The maximum Gasteiger partial charge on any atom is 0.0487 e. The zero-order valence-electron chi connectivity index (χ0n) is 14.1. The summed E-state index contributed by atoms with van der Waals surface area (Å²) in [5.74, 6) is 1.40. The van der Waals surface area contributed by atoms with Gasteiger partial charge in [0.25, 0.3) is 0 Å². The molecule has 0 aromatic carbocycles. The molecule has 5 atom stereocenters. The Morgan fingerprint density at radius 1 is 1.29 bits per heavy atom. The number of aliphatic hydroxyl groups excluding tert-OH is 1. The van der Waals surface area contributed by atoms with Crippen LogP contribution in [0.4, 0.5) is 0 Å². The molecule has 1 N–H and O–H groups in total. The third-order valence-electron chi connectivity index (χ3n) is 7.43. The fourth-order valence-corrected chi connectivity index (χ4v) is 5.93. The van der Waals surface area contributed by atoms with E-state index in [1.165, 1.54) is 44.9 Å². The zero-order chi connectivity index (χ0) is 15.3. The average molecular weight is 288 g/mol. The molecule has 0 aromatic heterocycles. The molecule has 2 saturated carbocycles. The Bertz CT molecular complexity index is 464. The molecule has 1 heteroatoms. The van der Waals surface area contributed by atoms with E-state index in [4.69, 9.17) is 0 Å². The number of hydrogen-bond donors (Lipinski definition) is 1. The second-order valence-corrected chi connectivity index (χ2v) is 8.87. The SMILES string of the molecule is C=C[C@]1(C)CC[C@H]2C(=CC[C@H]3[C@](C)(CO)CCC[C@]23C)C1. The van der Waals surface area contributed by atoms with Crippen molar-refractivity contribution in [3.8, 4) is 0 Å². The Labute approximate surface area is 130 Å². The van der Waals surface area contributed by atoms with Crippen LogP contribution in [0.15, 0.2) is 24.3 Å². The predicted molar refractivity (Wildman–Crippen MR) is 89.0 cm³/mol. The number of hydrogen-bond acceptors (Lipinski definition) is 1. The number of fused-ring (bicyclic) bond motifs is 3. The first kappa shape index (κ1) is 15.3. The van der Waals surface area contributed by atoms with Crippen molar-refractivity contribution < 1.29 is 5.11 Å². The minimum atomic E-state index is 0.133. The summed E-state index contributed by atoms with van der Waals surface area (Å²) in [6.45, 7) is 11.6. The molecule has 0 radical (unpaired) electrons. The van der Waals surface area contributed by atoms with Gasteiger partial charge in [-0.2, -0.15) is 0 Å². The summed E-state index contributed by atoms with van der Waals surface area (Å²) in [5, 5.41) is 9.99. The topological polar surface area (TPSA) is 20.2 Å². The summed E-state index contributed by atoms with van der Waals surface area (Å²) in [6, 6.07) is 0. The average Bonchev–Trinajstić information content (AvgIpc) is 2.46. The van der Waals surface area contributed by atoms with Gasteiger partial charge >= 0.3 is 0 Å². The molecule has 0 heterocycles. The van der Waals surface area contributed by atoms with E-state index in [1.54, 1.807) is 5.57 Å². The molecule has 0 aromatic rings. The minimum absolute atomic E-state index is 0.133. The first-order valence-electron chi connectivity index (χ1n) is 8.80. The van der Waals surface area contributed by atoms with Crippen molar-refractivity contribution in [2.24, 2.45) is 28.1 Å². The minimum Gasteiger partial charge on any atom is -0.396 e. The molecule has 0 saturated heterocycles. The summed E-state index contributed by atoms with van der Waals surface area (Å²) in [5.41, 5.74) is 2.54. The maximum atomic E-state index is 9.99. The Morgan fingerprint density at radius 2 is 2.05 bits per heavy atom. The van der Waals surface area contributed by atoms with Crippen molar-refractivity contribution in [1.82, 2.24) is 0 Å². The fraction of sp³-hybridized carbons (Fsp3) is 0.800. The highest BCUT2D eigenvalue weighted by molar-refractivity contribution is 5.25. The lowest BCUT2D eigenvalue weighted by molar-refractivity contribution is -0.0805. The van der Waals surface area contributed by atoms with Gasteiger partial charge in [-0.3, -0.25) is 0 Å². The molecular weight excluding hydrogens is 256 g/mol. The van der Waals surface area contributed by atoms with Crippen molar-refractivity contribution >= 4 is 0 Å². The quantitative estimate of drug-likeness (QED) is 0.700. The van der Waals surface area contributed by atoms with Gasteiger partial charge < -0.3 is 5.11 Å². The third-order valence-corrected chi connectivity index (χ3v) is 7.43. The summed E-state index contributed by atoms with van der Waals surface area (Å²) in [6.07, 6.45) is 13.5. The van der Waals surface area contributed by atoms with E-state index in [0.29, 0.717) is 23.4 Å². The second kappa shape index (κ2) is 4.98. The lowest BCUT2D eigenvalue weighted by Crippen LogP contribution is -2.52. The van der Waals surface area contributed by atoms with E-state index < -0.39 is 0 Å². The molecule has 3 aliphatic carbocycles. The van der Waals surface area contributed by atoms with Gasteiger partial charge in [0.1, 0.15) is 0 Å². The molecule has 118 valence electrons. The molecule has 0 amide bonds. The van der Waals surface area contributed by atoms with Gasteiger partial charge in [-0.15, -0.1) is 6.58 Å². The predicted octanol–water partition coefficient (Wildman–Crippen LogP) is 5.11. The standard InChI is InChI=1S/C20H32O/c1-5-18(2)12-9-16-15(13-18)7-8-17-19(3,14-21)10-6-11-20(16,17)4/h5,7,16-17,21H,1,6,8-14H2,2-4H3/t16-,17-,18+,19-,20+/m0/s1. The van der Waals surface area contributed by atoms with Crippen molar-refractivity contribution in [2.45, 2.75) is 65.7 Å². The van der Waals surface area contributed by atoms with Crippen LogP contribution in [-0.4, -0.2) is 11.7 Å². The molecule has 0 bridgehead atoms. The molecule has 1 nitrogen and oxygen atoms in total. The van der Waals surface area contributed by atoms with Crippen molar-refractivity contribution in [1.29, 1.82) is 0 Å². The van der Waals surface area contributed by atoms with Crippen LogP contribution in [0.3, 0.4) is 0 Å². The smallest absolute Gasteiger partial charge is 0.0487 e. The maximum absolute atomic E-state index is 9.99. The van der Waals surface area contributed by atoms with Gasteiger partial charge in [0.15, 0.2) is 0 Å². The van der Waals surface area contributed by atoms with Crippen LogP contribution in [0.5, 0.6) is 0 Å². The van der Waals surface area contributed by atoms with Gasteiger partial charge in [0, 0.05) is 6.61 Å². The number of aliphatic hydroxyl groups is 1. The Morgan fingerprint density at radius 3 is 2.71 bits per heavy atom. The fourth-order valence-electron chi connectivity index (χ4n) is 5.93. The highest BCUT2D eigenvalue weighted by Crippen LogP contribution is 2.63.